The molecule has 0 aliphatic rings. The van der Waals surface area contributed by atoms with E-state index in [-0.39, 0.29) is 4.75 Å². The van der Waals surface area contributed by atoms with Gasteiger partial charge >= 0.3 is 0 Å². The lowest BCUT2D eigenvalue weighted by Crippen LogP contribution is -2.21. The smallest absolute Gasteiger partial charge is 0.125 e. The molecule has 25 heavy (non-hydrogen) atoms. The molecule has 0 aliphatic heterocycles. The van der Waals surface area contributed by atoms with Gasteiger partial charge in [0.1, 0.15) is 5.82 Å². The Hall–Kier alpha value is -1.42. The molecule has 0 spiro atoms. The topological polar surface area (TPSA) is 38.7 Å². The van der Waals surface area contributed by atoms with Gasteiger partial charge in [-0.05, 0) is 61.1 Å². The van der Waals surface area contributed by atoms with Crippen LogP contribution in [0.1, 0.15) is 63.1 Å². The second-order valence-electron chi connectivity index (χ2n) is 8.57. The molecule has 0 aliphatic carbocycles. The van der Waals surface area contributed by atoms with Crippen molar-refractivity contribution in [3.63, 3.8) is 0 Å². The molecule has 2 aromatic rings. The van der Waals surface area contributed by atoms with Crippen LogP contribution in [-0.2, 0) is 19.3 Å². The second kappa shape index (κ2) is 8.31. The molecule has 0 fully saturated rings. The van der Waals surface area contributed by atoms with E-state index in [0.717, 1.165) is 31.5 Å². The molecular formula is C21H31N3S. The van der Waals surface area contributed by atoms with Gasteiger partial charge in [0.15, 0.2) is 0 Å². The van der Waals surface area contributed by atoms with Gasteiger partial charge < -0.3 is 0 Å². The van der Waals surface area contributed by atoms with Gasteiger partial charge in [0.25, 0.3) is 0 Å². The highest BCUT2D eigenvalue weighted by molar-refractivity contribution is 7.81. The molecule has 0 bridgehead atoms. The van der Waals surface area contributed by atoms with Gasteiger partial charge in [-0.3, -0.25) is 4.98 Å². The first kappa shape index (κ1) is 19.9. The second-order valence-corrected chi connectivity index (χ2v) is 9.65. The minimum Gasteiger partial charge on any atom is -0.264 e. The third-order valence-corrected chi connectivity index (χ3v) is 4.77. The van der Waals surface area contributed by atoms with E-state index in [1.807, 2.05) is 31.7 Å². The van der Waals surface area contributed by atoms with Crippen molar-refractivity contribution >= 4 is 12.6 Å². The Kier molecular flexibility index (Phi) is 6.61. The number of rotatable bonds is 7. The average Bonchev–Trinajstić information content (AvgIpc) is 2.52. The first-order valence-corrected chi connectivity index (χ1v) is 9.50. The Bertz CT molecular complexity index is 672. The molecule has 2 aromatic heterocycles. The lowest BCUT2D eigenvalue weighted by molar-refractivity contribution is 0.378. The largest absolute Gasteiger partial charge is 0.264 e. The Labute approximate surface area is 158 Å². The summed E-state index contributed by atoms with van der Waals surface area (Å²) >= 11 is 4.91. The van der Waals surface area contributed by atoms with Crippen molar-refractivity contribution in [2.45, 2.75) is 71.5 Å². The first-order chi connectivity index (χ1) is 11.6. The van der Waals surface area contributed by atoms with Crippen LogP contribution >= 0.6 is 12.6 Å². The fourth-order valence-electron chi connectivity index (χ4n) is 2.78. The molecule has 0 radical (unpaired) electrons. The van der Waals surface area contributed by atoms with Gasteiger partial charge in [-0.15, -0.1) is 0 Å². The summed E-state index contributed by atoms with van der Waals surface area (Å²) in [4.78, 5) is 13.0. The van der Waals surface area contributed by atoms with Crippen molar-refractivity contribution in [1.82, 2.24) is 15.0 Å². The SMILES string of the molecule is Cc1ncc(CCC(C)(S)Cc2cncc(CCC(C)(C)C)c2)cn1. The molecule has 0 saturated heterocycles. The minimum absolute atomic E-state index is 0.0742. The molecule has 0 aromatic carbocycles. The van der Waals surface area contributed by atoms with Crippen molar-refractivity contribution in [2.75, 3.05) is 0 Å². The van der Waals surface area contributed by atoms with Crippen LogP contribution in [0.5, 0.6) is 0 Å². The van der Waals surface area contributed by atoms with E-state index in [1.165, 1.54) is 23.1 Å². The summed E-state index contributed by atoms with van der Waals surface area (Å²) in [5.74, 6) is 0.815. The zero-order valence-electron chi connectivity index (χ0n) is 16.2. The maximum Gasteiger partial charge on any atom is 0.125 e. The van der Waals surface area contributed by atoms with E-state index in [4.69, 9.17) is 12.6 Å². The molecule has 3 nitrogen and oxygen atoms in total. The highest BCUT2D eigenvalue weighted by Gasteiger charge is 2.20. The van der Waals surface area contributed by atoms with Crippen LogP contribution < -0.4 is 0 Å². The van der Waals surface area contributed by atoms with Crippen LogP contribution in [0.15, 0.2) is 30.9 Å². The fourth-order valence-corrected chi connectivity index (χ4v) is 3.08. The zero-order chi connectivity index (χ0) is 18.5. The standard InChI is InChI=1S/C21H31N3S/c1-16-23-14-18(15-24-16)7-9-21(5,25)11-19-10-17(12-22-13-19)6-8-20(2,3)4/h10,12-15,25H,6-9,11H2,1-5H3. The summed E-state index contributed by atoms with van der Waals surface area (Å²) in [6.07, 6.45) is 12.9. The summed E-state index contributed by atoms with van der Waals surface area (Å²) in [6.45, 7) is 11.0. The van der Waals surface area contributed by atoms with Gasteiger partial charge in [0, 0.05) is 29.5 Å². The molecule has 4 heteroatoms. The van der Waals surface area contributed by atoms with E-state index < -0.39 is 0 Å². The number of hydrogen-bond donors (Lipinski definition) is 1. The van der Waals surface area contributed by atoms with Crippen molar-refractivity contribution in [3.05, 3.63) is 53.4 Å². The monoisotopic (exact) mass is 357 g/mol. The van der Waals surface area contributed by atoms with Crippen LogP contribution in [-0.4, -0.2) is 19.7 Å². The maximum atomic E-state index is 4.91. The van der Waals surface area contributed by atoms with Gasteiger partial charge in [0.05, 0.1) is 0 Å². The van der Waals surface area contributed by atoms with Gasteiger partial charge in [-0.1, -0.05) is 33.8 Å². The Morgan fingerprint density at radius 3 is 2.08 bits per heavy atom. The predicted octanol–water partition coefficient (Wildman–Crippen LogP) is 5.02. The van der Waals surface area contributed by atoms with Crippen LogP contribution in [0.4, 0.5) is 0 Å². The van der Waals surface area contributed by atoms with E-state index in [9.17, 15) is 0 Å². The van der Waals surface area contributed by atoms with E-state index in [1.54, 1.807) is 0 Å². The van der Waals surface area contributed by atoms with Crippen molar-refractivity contribution in [3.8, 4) is 0 Å². The molecule has 136 valence electrons. The summed E-state index contributed by atoms with van der Waals surface area (Å²) in [5.41, 5.74) is 4.11. The Morgan fingerprint density at radius 2 is 1.44 bits per heavy atom. The maximum absolute atomic E-state index is 4.91. The summed E-state index contributed by atoms with van der Waals surface area (Å²) in [5, 5.41) is 0. The van der Waals surface area contributed by atoms with Crippen LogP contribution in [0.3, 0.4) is 0 Å². The van der Waals surface area contributed by atoms with Crippen LogP contribution in [0.2, 0.25) is 0 Å². The number of nitrogens with zero attached hydrogens (tertiary/aromatic N) is 3. The zero-order valence-corrected chi connectivity index (χ0v) is 17.1. The average molecular weight is 358 g/mol. The third kappa shape index (κ3) is 7.55. The molecule has 1 unspecified atom stereocenters. The lowest BCUT2D eigenvalue weighted by atomic mass is 9.88. The predicted molar refractivity (Wildman–Crippen MR) is 108 cm³/mol. The molecule has 1 atom stereocenters. The fraction of sp³-hybridized carbons (Fsp3) is 0.571. The highest BCUT2D eigenvalue weighted by Crippen LogP contribution is 2.27. The number of aryl methyl sites for hydroxylation is 3. The molecule has 0 saturated carbocycles. The van der Waals surface area contributed by atoms with Crippen molar-refractivity contribution in [1.29, 1.82) is 0 Å². The summed E-state index contributed by atoms with van der Waals surface area (Å²) in [6, 6.07) is 2.29. The van der Waals surface area contributed by atoms with Gasteiger partial charge in [-0.25, -0.2) is 9.97 Å². The summed E-state index contributed by atoms with van der Waals surface area (Å²) in [7, 11) is 0. The molecule has 2 heterocycles. The van der Waals surface area contributed by atoms with Crippen LogP contribution in [0.25, 0.3) is 0 Å². The quantitative estimate of drug-likeness (QED) is 0.707. The minimum atomic E-state index is -0.0742. The number of thiol groups is 1. The van der Waals surface area contributed by atoms with Gasteiger partial charge in [0.2, 0.25) is 0 Å². The number of pyridine rings is 1. The molecule has 0 N–H and O–H groups in total. The number of hydrogen-bond acceptors (Lipinski definition) is 4. The van der Waals surface area contributed by atoms with E-state index in [0.29, 0.717) is 5.41 Å². The Morgan fingerprint density at radius 1 is 0.840 bits per heavy atom. The van der Waals surface area contributed by atoms with Crippen molar-refractivity contribution in [2.24, 2.45) is 5.41 Å². The highest BCUT2D eigenvalue weighted by atomic mass is 32.1. The summed E-state index contributed by atoms with van der Waals surface area (Å²) < 4.78 is -0.0742. The lowest BCUT2D eigenvalue weighted by Gasteiger charge is -2.24. The Balaban J connectivity index is 1.93. The molecule has 0 amide bonds. The van der Waals surface area contributed by atoms with Crippen molar-refractivity contribution < 1.29 is 0 Å². The molecular weight excluding hydrogens is 326 g/mol. The van der Waals surface area contributed by atoms with Crippen LogP contribution in [0, 0.1) is 12.3 Å². The van der Waals surface area contributed by atoms with E-state index >= 15 is 0 Å². The first-order valence-electron chi connectivity index (χ1n) is 9.06. The normalized spacial score (nSPS) is 14.3. The number of aromatic nitrogens is 3. The van der Waals surface area contributed by atoms with E-state index in [2.05, 4.69) is 48.7 Å². The molecule has 2 rings (SSSR count). The third-order valence-electron chi connectivity index (χ3n) is 4.39. The van der Waals surface area contributed by atoms with Gasteiger partial charge in [-0.2, -0.15) is 12.6 Å².